The Labute approximate surface area is 171 Å². The lowest BCUT2D eigenvalue weighted by molar-refractivity contribution is 0.210. The van der Waals surface area contributed by atoms with Crippen molar-refractivity contribution in [3.8, 4) is 23.7 Å². The van der Waals surface area contributed by atoms with Crippen molar-refractivity contribution in [1.82, 2.24) is 4.31 Å². The molecule has 0 bridgehead atoms. The van der Waals surface area contributed by atoms with Crippen molar-refractivity contribution in [2.24, 2.45) is 0 Å². The fraction of sp³-hybridized carbons (Fsp3) is 0.304. The van der Waals surface area contributed by atoms with Crippen LogP contribution >= 0.6 is 0 Å². The molecule has 0 N–H and O–H groups in total. The van der Waals surface area contributed by atoms with E-state index in [9.17, 15) is 8.42 Å². The molecule has 3 aliphatic rings. The molecule has 0 radical (unpaired) electrons. The minimum absolute atomic E-state index is 0.219. The van der Waals surface area contributed by atoms with Crippen molar-refractivity contribution >= 4 is 10.0 Å². The zero-order chi connectivity index (χ0) is 20.3. The van der Waals surface area contributed by atoms with Gasteiger partial charge in [0.25, 0.3) is 0 Å². The number of sulfonamides is 1. The van der Waals surface area contributed by atoms with Crippen LogP contribution < -0.4 is 0 Å². The largest absolute Gasteiger partial charge is 0.372 e. The average molecular weight is 407 g/mol. The van der Waals surface area contributed by atoms with Gasteiger partial charge in [-0.1, -0.05) is 41.4 Å². The Bertz CT molecular complexity index is 1080. The molecule has 148 valence electrons. The fourth-order valence-electron chi connectivity index (χ4n) is 3.12. The highest BCUT2D eigenvalue weighted by Gasteiger charge is 2.31. The van der Waals surface area contributed by atoms with E-state index in [-0.39, 0.29) is 18.0 Å². The zero-order valence-electron chi connectivity index (χ0n) is 16.2. The van der Waals surface area contributed by atoms with Crippen molar-refractivity contribution in [3.05, 3.63) is 64.3 Å². The molecule has 1 aromatic rings. The lowest BCUT2D eigenvalue weighted by atomic mass is 10.1. The van der Waals surface area contributed by atoms with Crippen molar-refractivity contribution in [2.45, 2.75) is 11.8 Å². The third kappa shape index (κ3) is 4.53. The van der Waals surface area contributed by atoms with Crippen LogP contribution in [0.3, 0.4) is 0 Å². The number of ether oxygens (including phenoxy) is 2. The fourth-order valence-corrected chi connectivity index (χ4v) is 4.50. The van der Waals surface area contributed by atoms with Gasteiger partial charge >= 0.3 is 0 Å². The molecule has 5 nitrogen and oxygen atoms in total. The summed E-state index contributed by atoms with van der Waals surface area (Å²) in [6, 6.07) is 6.88. The van der Waals surface area contributed by atoms with E-state index in [1.54, 1.807) is 24.3 Å². The maximum atomic E-state index is 13.1. The van der Waals surface area contributed by atoms with Crippen molar-refractivity contribution in [3.63, 3.8) is 0 Å². The summed E-state index contributed by atoms with van der Waals surface area (Å²) in [6.45, 7) is 4.50. The molecule has 1 aromatic carbocycles. The molecule has 0 aliphatic carbocycles. The lowest BCUT2D eigenvalue weighted by Gasteiger charge is -2.16. The van der Waals surface area contributed by atoms with Gasteiger partial charge in [0.05, 0.1) is 31.3 Å². The van der Waals surface area contributed by atoms with E-state index in [2.05, 4.69) is 23.7 Å². The molecule has 0 fully saturated rings. The highest BCUT2D eigenvalue weighted by Crippen LogP contribution is 2.25. The van der Waals surface area contributed by atoms with Crippen LogP contribution in [0, 0.1) is 30.6 Å². The Hall–Kier alpha value is -2.61. The van der Waals surface area contributed by atoms with E-state index in [0.717, 1.165) is 27.9 Å². The van der Waals surface area contributed by atoms with Gasteiger partial charge < -0.3 is 9.47 Å². The third-order valence-electron chi connectivity index (χ3n) is 4.85. The van der Waals surface area contributed by atoms with Crippen LogP contribution in [0.25, 0.3) is 0 Å². The molecular weight excluding hydrogens is 386 g/mol. The molecular formula is C23H21NO4S. The first-order valence-electron chi connectivity index (χ1n) is 9.39. The first-order valence-corrected chi connectivity index (χ1v) is 10.8. The van der Waals surface area contributed by atoms with Crippen LogP contribution in [0.4, 0.5) is 0 Å². The van der Waals surface area contributed by atoms with Crippen molar-refractivity contribution in [2.75, 3.05) is 39.5 Å². The van der Waals surface area contributed by atoms with E-state index < -0.39 is 10.0 Å². The van der Waals surface area contributed by atoms with E-state index >= 15 is 0 Å². The van der Waals surface area contributed by atoms with E-state index in [1.807, 2.05) is 19.1 Å². The molecule has 4 rings (SSSR count). The van der Waals surface area contributed by atoms with Gasteiger partial charge in [0.2, 0.25) is 10.0 Å². The Kier molecular flexibility index (Phi) is 5.71. The standard InChI is InChI=1S/C23H21NO4S/c1-18-2-8-23(9-3-18)29(25,26)24-14-21(6-4-19-10-12-27-16-19)22(15-24)7-5-20-11-13-28-17-20/h2-3,8-11H,12-17H2,1H3. The van der Waals surface area contributed by atoms with Crippen molar-refractivity contribution in [1.29, 1.82) is 0 Å². The highest BCUT2D eigenvalue weighted by atomic mass is 32.2. The Morgan fingerprint density at radius 2 is 1.34 bits per heavy atom. The van der Waals surface area contributed by atoms with Gasteiger partial charge in [-0.05, 0) is 31.2 Å². The molecule has 0 unspecified atom stereocenters. The van der Waals surface area contributed by atoms with Gasteiger partial charge in [0, 0.05) is 35.4 Å². The smallest absolute Gasteiger partial charge is 0.243 e. The van der Waals surface area contributed by atoms with Crippen LogP contribution in [0.15, 0.2) is 63.6 Å². The van der Waals surface area contributed by atoms with Gasteiger partial charge in [-0.3, -0.25) is 0 Å². The number of aryl methyl sites for hydroxylation is 1. The van der Waals surface area contributed by atoms with Gasteiger partial charge in [-0.25, -0.2) is 8.42 Å². The summed E-state index contributed by atoms with van der Waals surface area (Å²) in [4.78, 5) is 0.281. The predicted molar refractivity (Wildman–Crippen MR) is 110 cm³/mol. The summed E-state index contributed by atoms with van der Waals surface area (Å²) < 4.78 is 38.2. The van der Waals surface area contributed by atoms with Gasteiger partial charge in [0.15, 0.2) is 0 Å². The second-order valence-electron chi connectivity index (χ2n) is 7.03. The second kappa shape index (κ2) is 8.41. The number of hydrogen-bond acceptors (Lipinski definition) is 4. The van der Waals surface area contributed by atoms with Crippen LogP contribution in [-0.2, 0) is 19.5 Å². The Morgan fingerprint density at radius 3 is 1.79 bits per heavy atom. The average Bonchev–Trinajstić information content (AvgIpc) is 3.47. The second-order valence-corrected chi connectivity index (χ2v) is 8.97. The Balaban J connectivity index is 1.62. The molecule has 0 atom stereocenters. The molecule has 29 heavy (non-hydrogen) atoms. The first kappa shape index (κ1) is 19.7. The zero-order valence-corrected chi connectivity index (χ0v) is 17.0. The van der Waals surface area contributed by atoms with E-state index in [1.165, 1.54) is 4.31 Å². The molecule has 6 heteroatoms. The van der Waals surface area contributed by atoms with Crippen LogP contribution in [0.5, 0.6) is 0 Å². The summed E-state index contributed by atoms with van der Waals surface area (Å²) in [5.41, 5.74) is 4.31. The summed E-state index contributed by atoms with van der Waals surface area (Å²) in [6.07, 6.45) is 3.88. The molecule has 0 aromatic heterocycles. The minimum atomic E-state index is -3.62. The number of benzene rings is 1. The molecule has 0 amide bonds. The maximum absolute atomic E-state index is 13.1. The highest BCUT2D eigenvalue weighted by molar-refractivity contribution is 7.89. The summed E-state index contributed by atoms with van der Waals surface area (Å²) in [7, 11) is -3.62. The third-order valence-corrected chi connectivity index (χ3v) is 6.66. The predicted octanol–water partition coefficient (Wildman–Crippen LogP) is 2.22. The monoisotopic (exact) mass is 407 g/mol. The normalized spacial score (nSPS) is 19.3. The Morgan fingerprint density at radius 1 is 0.828 bits per heavy atom. The topological polar surface area (TPSA) is 55.8 Å². The lowest BCUT2D eigenvalue weighted by Crippen LogP contribution is -2.29. The van der Waals surface area contributed by atoms with E-state index in [4.69, 9.17) is 9.47 Å². The van der Waals surface area contributed by atoms with Crippen LogP contribution in [-0.4, -0.2) is 52.2 Å². The quantitative estimate of drug-likeness (QED) is 0.706. The van der Waals surface area contributed by atoms with Crippen LogP contribution in [0.2, 0.25) is 0 Å². The van der Waals surface area contributed by atoms with Gasteiger partial charge in [-0.2, -0.15) is 4.31 Å². The molecule has 0 saturated carbocycles. The summed E-state index contributed by atoms with van der Waals surface area (Å²) >= 11 is 0. The number of nitrogens with zero attached hydrogens (tertiary/aromatic N) is 1. The first-order chi connectivity index (χ1) is 14.0. The molecule has 0 spiro atoms. The SMILES string of the molecule is Cc1ccc(S(=O)(=O)N2CC(C#CC3=CCOC3)=C(C#CC3=CCOC3)C2)cc1. The van der Waals surface area contributed by atoms with Gasteiger partial charge in [0.1, 0.15) is 0 Å². The minimum Gasteiger partial charge on any atom is -0.372 e. The molecule has 3 aliphatic heterocycles. The number of rotatable bonds is 2. The van der Waals surface area contributed by atoms with Crippen molar-refractivity contribution < 1.29 is 17.9 Å². The summed E-state index contributed by atoms with van der Waals surface area (Å²) in [5.74, 6) is 12.5. The number of hydrogen-bond donors (Lipinski definition) is 0. The van der Waals surface area contributed by atoms with E-state index in [0.29, 0.717) is 26.4 Å². The molecule has 3 heterocycles. The van der Waals surface area contributed by atoms with Gasteiger partial charge in [-0.15, -0.1) is 0 Å². The summed E-state index contributed by atoms with van der Waals surface area (Å²) in [5, 5.41) is 0. The maximum Gasteiger partial charge on any atom is 0.243 e. The van der Waals surface area contributed by atoms with Crippen LogP contribution in [0.1, 0.15) is 5.56 Å². The molecule has 0 saturated heterocycles.